The maximum atomic E-state index is 13.2. The van der Waals surface area contributed by atoms with E-state index in [1.807, 2.05) is 24.3 Å². The van der Waals surface area contributed by atoms with E-state index >= 15 is 0 Å². The van der Waals surface area contributed by atoms with Gasteiger partial charge in [-0.15, -0.1) is 0 Å². The molecule has 5 nitrogen and oxygen atoms in total. The smallest absolute Gasteiger partial charge is 0.243 e. The number of nitrogens with one attached hydrogen (secondary N) is 1. The minimum atomic E-state index is -3.75. The predicted molar refractivity (Wildman–Crippen MR) is 100 cm³/mol. The van der Waals surface area contributed by atoms with E-state index in [1.165, 1.54) is 4.31 Å². The van der Waals surface area contributed by atoms with Gasteiger partial charge in [-0.25, -0.2) is 8.42 Å². The number of benzene rings is 2. The summed E-state index contributed by atoms with van der Waals surface area (Å²) in [4.78, 5) is 12.7. The zero-order chi connectivity index (χ0) is 17.6. The largest absolute Gasteiger partial charge is 0.352 e. The lowest BCUT2D eigenvalue weighted by atomic mass is 10.1. The summed E-state index contributed by atoms with van der Waals surface area (Å²) >= 11 is 4.43. The van der Waals surface area contributed by atoms with Crippen molar-refractivity contribution in [1.29, 1.82) is 0 Å². The van der Waals surface area contributed by atoms with E-state index in [2.05, 4.69) is 17.9 Å². The molecule has 1 N–H and O–H groups in total. The first-order valence-corrected chi connectivity index (χ1v) is 10.4. The molecule has 2 unspecified atom stereocenters. The summed E-state index contributed by atoms with van der Waals surface area (Å²) in [5.41, 5.74) is 0. The minimum absolute atomic E-state index is 0.134. The van der Waals surface area contributed by atoms with Gasteiger partial charge in [0.25, 0.3) is 0 Å². The molecule has 4 rings (SSSR count). The lowest BCUT2D eigenvalue weighted by Crippen LogP contribution is -2.46. The highest BCUT2D eigenvalue weighted by atomic mass is 32.2. The summed E-state index contributed by atoms with van der Waals surface area (Å²) in [6, 6.07) is 12.2. The van der Waals surface area contributed by atoms with Crippen LogP contribution >= 0.6 is 12.6 Å². The summed E-state index contributed by atoms with van der Waals surface area (Å²) in [5.74, 6) is -0.205. The normalized spacial score (nSPS) is 24.5. The van der Waals surface area contributed by atoms with Gasteiger partial charge in [-0.1, -0.05) is 30.3 Å². The van der Waals surface area contributed by atoms with Crippen molar-refractivity contribution in [3.05, 3.63) is 42.5 Å². The summed E-state index contributed by atoms with van der Waals surface area (Å²) in [5, 5.41) is 4.64. The molecule has 2 aromatic carbocycles. The summed E-state index contributed by atoms with van der Waals surface area (Å²) in [6.45, 7) is 0.251. The molecule has 1 aliphatic heterocycles. The van der Waals surface area contributed by atoms with Gasteiger partial charge < -0.3 is 5.32 Å². The van der Waals surface area contributed by atoms with Crippen molar-refractivity contribution in [2.75, 3.05) is 6.54 Å². The lowest BCUT2D eigenvalue weighted by Gasteiger charge is -2.23. The number of nitrogens with zero attached hydrogens (tertiary/aromatic N) is 1. The van der Waals surface area contributed by atoms with Crippen LogP contribution in [-0.4, -0.2) is 42.5 Å². The Bertz CT molecular complexity index is 925. The molecule has 0 aromatic heterocycles. The number of fused-ring (bicyclic) bond motifs is 1. The molecule has 1 heterocycles. The molecule has 2 aromatic rings. The first kappa shape index (κ1) is 16.9. The van der Waals surface area contributed by atoms with Crippen LogP contribution in [0.1, 0.15) is 19.3 Å². The first-order chi connectivity index (χ1) is 11.9. The summed E-state index contributed by atoms with van der Waals surface area (Å²) < 4.78 is 27.6. The molecule has 1 aliphatic carbocycles. The zero-order valence-electron chi connectivity index (χ0n) is 13.6. The van der Waals surface area contributed by atoms with E-state index in [-0.39, 0.29) is 28.6 Å². The molecular weight excluding hydrogens is 356 g/mol. The Balaban J connectivity index is 1.67. The third-order valence-electron chi connectivity index (χ3n) is 4.79. The highest BCUT2D eigenvalue weighted by Gasteiger charge is 2.43. The van der Waals surface area contributed by atoms with Crippen LogP contribution in [-0.2, 0) is 14.8 Å². The second-order valence-electron chi connectivity index (χ2n) is 6.77. The van der Waals surface area contributed by atoms with Crippen molar-refractivity contribution in [2.24, 2.45) is 0 Å². The topological polar surface area (TPSA) is 66.5 Å². The van der Waals surface area contributed by atoms with Crippen LogP contribution in [0.5, 0.6) is 0 Å². The van der Waals surface area contributed by atoms with E-state index < -0.39 is 16.1 Å². The van der Waals surface area contributed by atoms with E-state index in [4.69, 9.17) is 0 Å². The molecule has 1 amide bonds. The zero-order valence-corrected chi connectivity index (χ0v) is 15.3. The second kappa shape index (κ2) is 6.30. The molecule has 0 bridgehead atoms. The summed E-state index contributed by atoms with van der Waals surface area (Å²) in [6.07, 6.45) is 2.38. The molecule has 132 valence electrons. The van der Waals surface area contributed by atoms with Crippen LogP contribution in [0.4, 0.5) is 0 Å². The fraction of sp³-hybridized carbons (Fsp3) is 0.389. The number of carbonyl (C=O) groups is 1. The predicted octanol–water partition coefficient (Wildman–Crippen LogP) is 2.18. The Morgan fingerprint density at radius 3 is 2.56 bits per heavy atom. The minimum Gasteiger partial charge on any atom is -0.352 e. The Kier molecular flexibility index (Phi) is 4.25. The molecule has 1 saturated heterocycles. The molecule has 25 heavy (non-hydrogen) atoms. The van der Waals surface area contributed by atoms with Gasteiger partial charge in [-0.05, 0) is 42.2 Å². The average molecular weight is 377 g/mol. The molecule has 2 fully saturated rings. The third-order valence-corrected chi connectivity index (χ3v) is 7.03. The van der Waals surface area contributed by atoms with Crippen molar-refractivity contribution in [3.8, 4) is 0 Å². The highest BCUT2D eigenvalue weighted by Crippen LogP contribution is 2.31. The van der Waals surface area contributed by atoms with Crippen LogP contribution in [0.15, 0.2) is 47.4 Å². The van der Waals surface area contributed by atoms with Crippen molar-refractivity contribution >= 4 is 39.3 Å². The molecule has 1 saturated carbocycles. The highest BCUT2D eigenvalue weighted by molar-refractivity contribution is 7.89. The lowest BCUT2D eigenvalue weighted by molar-refractivity contribution is -0.124. The number of hydrogen-bond acceptors (Lipinski definition) is 4. The van der Waals surface area contributed by atoms with Gasteiger partial charge in [0.15, 0.2) is 0 Å². The number of hydrogen-bond donors (Lipinski definition) is 2. The maximum absolute atomic E-state index is 13.2. The number of thiol groups is 1. The van der Waals surface area contributed by atoms with Gasteiger partial charge in [0.2, 0.25) is 15.9 Å². The summed E-state index contributed by atoms with van der Waals surface area (Å²) in [7, 11) is -3.75. The van der Waals surface area contributed by atoms with Crippen molar-refractivity contribution in [2.45, 2.75) is 41.5 Å². The fourth-order valence-corrected chi connectivity index (χ4v) is 5.44. The molecule has 7 heteroatoms. The Labute approximate surface area is 152 Å². The van der Waals surface area contributed by atoms with Crippen LogP contribution < -0.4 is 5.32 Å². The van der Waals surface area contributed by atoms with E-state index in [1.54, 1.807) is 18.2 Å². The van der Waals surface area contributed by atoms with Crippen molar-refractivity contribution in [1.82, 2.24) is 9.62 Å². The van der Waals surface area contributed by atoms with Crippen molar-refractivity contribution in [3.63, 3.8) is 0 Å². The number of carbonyl (C=O) groups excluding carboxylic acids is 1. The Morgan fingerprint density at radius 1 is 1.12 bits per heavy atom. The monoisotopic (exact) mass is 376 g/mol. The van der Waals surface area contributed by atoms with Gasteiger partial charge >= 0.3 is 0 Å². The SMILES string of the molecule is O=C(NC1CC1)C1CC(S)CN1S(=O)(=O)c1ccc2ccccc2c1. The first-order valence-electron chi connectivity index (χ1n) is 8.44. The standard InChI is InChI=1S/C18H20N2O3S2/c21-18(19-14-6-7-14)17-10-15(24)11-20(17)25(22,23)16-8-5-12-3-1-2-4-13(12)9-16/h1-5,8-9,14-15,17,24H,6-7,10-11H2,(H,19,21). The van der Waals surface area contributed by atoms with Crippen LogP contribution in [0.2, 0.25) is 0 Å². The molecule has 2 atom stereocenters. The number of sulfonamides is 1. The Morgan fingerprint density at radius 2 is 1.84 bits per heavy atom. The van der Waals surface area contributed by atoms with Gasteiger partial charge in [-0.3, -0.25) is 4.79 Å². The third kappa shape index (κ3) is 3.28. The van der Waals surface area contributed by atoms with Crippen LogP contribution in [0.25, 0.3) is 10.8 Å². The van der Waals surface area contributed by atoms with Gasteiger partial charge in [0.1, 0.15) is 6.04 Å². The van der Waals surface area contributed by atoms with E-state index in [0.29, 0.717) is 6.42 Å². The second-order valence-corrected chi connectivity index (χ2v) is 9.39. The van der Waals surface area contributed by atoms with Gasteiger partial charge in [0, 0.05) is 17.8 Å². The Hall–Kier alpha value is -1.57. The quantitative estimate of drug-likeness (QED) is 0.804. The fourth-order valence-electron chi connectivity index (χ4n) is 3.28. The van der Waals surface area contributed by atoms with Crippen LogP contribution in [0, 0.1) is 0 Å². The van der Waals surface area contributed by atoms with E-state index in [9.17, 15) is 13.2 Å². The van der Waals surface area contributed by atoms with Gasteiger partial charge in [-0.2, -0.15) is 16.9 Å². The molecule has 0 spiro atoms. The van der Waals surface area contributed by atoms with Crippen LogP contribution in [0.3, 0.4) is 0 Å². The number of amides is 1. The van der Waals surface area contributed by atoms with Crippen molar-refractivity contribution < 1.29 is 13.2 Å². The van der Waals surface area contributed by atoms with E-state index in [0.717, 1.165) is 23.6 Å². The molecule has 2 aliphatic rings. The molecule has 0 radical (unpaired) electrons. The van der Waals surface area contributed by atoms with Gasteiger partial charge in [0.05, 0.1) is 4.90 Å². The molecular formula is C18H20N2O3S2. The average Bonchev–Trinajstić information content (AvgIpc) is 3.32. The maximum Gasteiger partial charge on any atom is 0.243 e. The number of rotatable bonds is 4.